The highest BCUT2D eigenvalue weighted by Crippen LogP contribution is 2.38. The molecule has 2 N–H and O–H groups in total. The number of amides is 2. The fourth-order valence-electron chi connectivity index (χ4n) is 3.27. The number of hydrazone groups is 1. The Labute approximate surface area is 216 Å². The molecule has 1 aliphatic rings. The first-order chi connectivity index (χ1) is 16.5. The van der Waals surface area contributed by atoms with Gasteiger partial charge in [-0.15, -0.1) is 0 Å². The van der Waals surface area contributed by atoms with Gasteiger partial charge in [0.1, 0.15) is 11.5 Å². The van der Waals surface area contributed by atoms with Crippen molar-refractivity contribution < 1.29 is 18.0 Å². The second-order valence-electron chi connectivity index (χ2n) is 7.60. The number of anilines is 2. The highest BCUT2D eigenvalue weighted by molar-refractivity contribution is 7.92. The van der Waals surface area contributed by atoms with Gasteiger partial charge in [0.25, 0.3) is 21.8 Å². The maximum Gasteiger partial charge on any atom is 0.261 e. The molecule has 1 heterocycles. The zero-order valence-corrected chi connectivity index (χ0v) is 21.1. The summed E-state index contributed by atoms with van der Waals surface area (Å²) in [4.78, 5) is 25.4. The van der Waals surface area contributed by atoms with Crippen LogP contribution in [0.1, 0.15) is 22.3 Å². The normalized spacial score (nSPS) is 13.5. The molecule has 0 saturated heterocycles. The molecule has 0 aromatic heterocycles. The molecule has 3 aromatic rings. The van der Waals surface area contributed by atoms with Crippen LogP contribution in [0, 0.1) is 6.92 Å². The molecule has 180 valence electrons. The molecule has 2 amide bonds. The van der Waals surface area contributed by atoms with Gasteiger partial charge >= 0.3 is 0 Å². The third-order valence-electron chi connectivity index (χ3n) is 4.94. The van der Waals surface area contributed by atoms with Gasteiger partial charge in [-0.2, -0.15) is 10.1 Å². The van der Waals surface area contributed by atoms with Crippen molar-refractivity contribution in [2.75, 3.05) is 9.73 Å². The van der Waals surface area contributed by atoms with Crippen LogP contribution in [0.15, 0.2) is 70.7 Å². The molecule has 0 atom stereocenters. The summed E-state index contributed by atoms with van der Waals surface area (Å²) in [6.07, 6.45) is -0.194. The lowest BCUT2D eigenvalue weighted by Gasteiger charge is -2.15. The molecule has 0 bridgehead atoms. The number of hydrogen-bond donors (Lipinski definition) is 2. The summed E-state index contributed by atoms with van der Waals surface area (Å²) in [7, 11) is -3.84. The number of halogens is 3. The van der Waals surface area contributed by atoms with Gasteiger partial charge in [0.2, 0.25) is 0 Å². The number of rotatable bonds is 5. The first kappa shape index (κ1) is 25.0. The summed E-state index contributed by atoms with van der Waals surface area (Å²) in [6.45, 7) is 1.85. The quantitative estimate of drug-likeness (QED) is 0.452. The first-order valence-corrected chi connectivity index (χ1v) is 12.7. The van der Waals surface area contributed by atoms with Gasteiger partial charge in [0.05, 0.1) is 21.4 Å². The highest BCUT2D eigenvalue weighted by Gasteiger charge is 2.30. The molecule has 0 spiro atoms. The lowest BCUT2D eigenvalue weighted by molar-refractivity contribution is -0.116. The minimum atomic E-state index is -3.84. The van der Waals surface area contributed by atoms with E-state index in [2.05, 4.69) is 15.1 Å². The van der Waals surface area contributed by atoms with Crippen molar-refractivity contribution in [2.24, 2.45) is 5.10 Å². The van der Waals surface area contributed by atoms with Crippen LogP contribution in [-0.4, -0.2) is 26.1 Å². The van der Waals surface area contributed by atoms with E-state index in [1.807, 2.05) is 6.92 Å². The predicted molar refractivity (Wildman–Crippen MR) is 137 cm³/mol. The molecular weight excluding hydrogens is 535 g/mol. The van der Waals surface area contributed by atoms with E-state index in [0.29, 0.717) is 5.02 Å². The molecule has 4 rings (SSSR count). The molecule has 35 heavy (non-hydrogen) atoms. The highest BCUT2D eigenvalue weighted by atomic mass is 35.5. The summed E-state index contributed by atoms with van der Waals surface area (Å²) in [5.74, 6) is -0.957. The number of nitrogens with one attached hydrogen (secondary N) is 2. The van der Waals surface area contributed by atoms with E-state index in [1.165, 1.54) is 48.5 Å². The monoisotopic (exact) mass is 550 g/mol. The van der Waals surface area contributed by atoms with Crippen LogP contribution >= 0.6 is 34.8 Å². The van der Waals surface area contributed by atoms with E-state index in [4.69, 9.17) is 34.8 Å². The molecule has 0 radical (unpaired) electrons. The predicted octanol–water partition coefficient (Wildman–Crippen LogP) is 5.24. The molecule has 0 fully saturated rings. The molecule has 0 saturated carbocycles. The fraction of sp³-hybridized carbons (Fsp3) is 0.0870. The third kappa shape index (κ3) is 5.59. The van der Waals surface area contributed by atoms with Crippen LogP contribution in [0.5, 0.6) is 0 Å². The molecule has 1 aliphatic heterocycles. The Morgan fingerprint density at radius 3 is 2.31 bits per heavy atom. The Morgan fingerprint density at radius 1 is 1.00 bits per heavy atom. The molecule has 3 aromatic carbocycles. The van der Waals surface area contributed by atoms with Gasteiger partial charge in [-0.1, -0.05) is 58.6 Å². The summed E-state index contributed by atoms with van der Waals surface area (Å²) < 4.78 is 27.8. The molecular formula is C23H17Cl3N4O4S. The van der Waals surface area contributed by atoms with Crippen LogP contribution < -0.4 is 15.0 Å². The number of nitrogens with zero attached hydrogens (tertiary/aromatic N) is 2. The van der Waals surface area contributed by atoms with Crippen LogP contribution in [0.2, 0.25) is 15.1 Å². The Morgan fingerprint density at radius 2 is 1.66 bits per heavy atom. The summed E-state index contributed by atoms with van der Waals surface area (Å²) in [5, 5.41) is 8.24. The number of sulfonamides is 1. The summed E-state index contributed by atoms with van der Waals surface area (Å²) >= 11 is 18.3. The number of aryl methyl sites for hydroxylation is 1. The Hall–Kier alpha value is -3.11. The van der Waals surface area contributed by atoms with Crippen molar-refractivity contribution in [2.45, 2.75) is 18.2 Å². The van der Waals surface area contributed by atoms with Crippen molar-refractivity contribution in [3.8, 4) is 0 Å². The standard InChI is InChI=1S/C23H17Cl3N4O4S/c1-13-5-7-17(8-6-13)35(33,34)29-16-4-2-3-14(9-16)23(32)27-20-12-21(31)30(28-20)22-18(25)10-15(24)11-19(22)26/h2-11,29H,12H2,1H3,(H,27,28,32). The number of carbonyl (C=O) groups is 2. The van der Waals surface area contributed by atoms with E-state index < -0.39 is 21.8 Å². The van der Waals surface area contributed by atoms with Crippen LogP contribution in [0.25, 0.3) is 0 Å². The second-order valence-corrected chi connectivity index (χ2v) is 10.5. The van der Waals surface area contributed by atoms with Crippen molar-refractivity contribution in [3.63, 3.8) is 0 Å². The minimum absolute atomic E-state index is 0.0766. The van der Waals surface area contributed by atoms with Crippen molar-refractivity contribution in [3.05, 3.63) is 86.9 Å². The van der Waals surface area contributed by atoms with Crippen LogP contribution in [0.4, 0.5) is 11.4 Å². The second kappa shape index (κ2) is 9.87. The SMILES string of the molecule is Cc1ccc(S(=O)(=O)Nc2cccc(C(=O)NC3=NN(c4c(Cl)cc(Cl)cc4Cl)C(=O)C3)c2)cc1. The largest absolute Gasteiger partial charge is 0.308 e. The number of carbonyl (C=O) groups excluding carboxylic acids is 2. The van der Waals surface area contributed by atoms with E-state index in [1.54, 1.807) is 12.1 Å². The first-order valence-electron chi connectivity index (χ1n) is 10.1. The Balaban J connectivity index is 1.51. The van der Waals surface area contributed by atoms with Crippen LogP contribution in [0.3, 0.4) is 0 Å². The van der Waals surface area contributed by atoms with Gasteiger partial charge < -0.3 is 5.32 Å². The van der Waals surface area contributed by atoms with Gasteiger partial charge in [-0.05, 0) is 49.4 Å². The summed E-state index contributed by atoms with van der Waals surface area (Å²) in [6, 6.07) is 15.1. The van der Waals surface area contributed by atoms with E-state index in [0.717, 1.165) is 10.6 Å². The Kier molecular flexibility index (Phi) is 7.05. The zero-order valence-electron chi connectivity index (χ0n) is 18.1. The summed E-state index contributed by atoms with van der Waals surface area (Å²) in [5.41, 5.74) is 1.43. The fourth-order valence-corrected chi connectivity index (χ4v) is 5.30. The molecule has 8 nitrogen and oxygen atoms in total. The van der Waals surface area contributed by atoms with Crippen molar-refractivity contribution in [1.29, 1.82) is 0 Å². The lowest BCUT2D eigenvalue weighted by Crippen LogP contribution is -2.29. The average molecular weight is 552 g/mol. The molecule has 12 heteroatoms. The zero-order chi connectivity index (χ0) is 25.3. The molecule has 0 aliphatic carbocycles. The van der Waals surface area contributed by atoms with E-state index in [-0.39, 0.29) is 44.1 Å². The van der Waals surface area contributed by atoms with E-state index >= 15 is 0 Å². The van der Waals surface area contributed by atoms with Gasteiger partial charge in [0, 0.05) is 16.3 Å². The number of amidine groups is 1. The van der Waals surface area contributed by atoms with Crippen molar-refractivity contribution in [1.82, 2.24) is 5.32 Å². The van der Waals surface area contributed by atoms with Crippen LogP contribution in [-0.2, 0) is 14.8 Å². The Bertz CT molecular complexity index is 1450. The third-order valence-corrected chi connectivity index (χ3v) is 7.13. The smallest absolute Gasteiger partial charge is 0.261 e. The number of hydrogen-bond acceptors (Lipinski definition) is 5. The van der Waals surface area contributed by atoms with Crippen molar-refractivity contribution >= 4 is 73.9 Å². The number of benzene rings is 3. The van der Waals surface area contributed by atoms with Gasteiger partial charge in [0.15, 0.2) is 0 Å². The van der Waals surface area contributed by atoms with Gasteiger partial charge in [-0.3, -0.25) is 14.3 Å². The molecule has 0 unspecified atom stereocenters. The average Bonchev–Trinajstić information content (AvgIpc) is 3.12. The van der Waals surface area contributed by atoms with E-state index in [9.17, 15) is 18.0 Å². The van der Waals surface area contributed by atoms with Gasteiger partial charge in [-0.25, -0.2) is 8.42 Å². The maximum atomic E-state index is 12.8. The lowest BCUT2D eigenvalue weighted by atomic mass is 10.2. The maximum absolute atomic E-state index is 12.8. The minimum Gasteiger partial charge on any atom is -0.308 e. The topological polar surface area (TPSA) is 108 Å².